The van der Waals surface area contributed by atoms with E-state index >= 15 is 0 Å². The summed E-state index contributed by atoms with van der Waals surface area (Å²) in [6.45, 7) is 0.822. The molecule has 1 aromatic rings. The summed E-state index contributed by atoms with van der Waals surface area (Å²) in [4.78, 5) is 38.3. The lowest BCUT2D eigenvalue weighted by Gasteiger charge is -2.15. The van der Waals surface area contributed by atoms with Crippen LogP contribution in [0.4, 0.5) is 0 Å². The van der Waals surface area contributed by atoms with Crippen molar-refractivity contribution in [3.63, 3.8) is 0 Å². The van der Waals surface area contributed by atoms with Gasteiger partial charge in [-0.3, -0.25) is 14.6 Å². The van der Waals surface area contributed by atoms with Crippen molar-refractivity contribution in [3.8, 4) is 0 Å². The largest absolute Gasteiger partial charge is 0.394 e. The first-order valence-corrected chi connectivity index (χ1v) is 8.77. The number of hydrogen-bond donors (Lipinski definition) is 5. The smallest absolute Gasteiger partial charge is 0.335 e. The number of H-pyrrole nitrogens is 1. The molecule has 0 radical (unpaired) electrons. The van der Waals surface area contributed by atoms with Crippen LogP contribution in [0.15, 0.2) is 15.8 Å². The highest BCUT2D eigenvalue weighted by atomic mass is 16.6. The minimum atomic E-state index is -1.50. The summed E-state index contributed by atoms with van der Waals surface area (Å²) in [5, 5.41) is 29.0. The van der Waals surface area contributed by atoms with Crippen molar-refractivity contribution in [2.24, 2.45) is 5.73 Å². The van der Waals surface area contributed by atoms with Crippen LogP contribution in [0, 0.1) is 0 Å². The van der Waals surface area contributed by atoms with Crippen LogP contribution < -0.4 is 17.0 Å². The fraction of sp³-hybridized carbons (Fsp3) is 0.688. The Bertz CT molecular complexity index is 762. The van der Waals surface area contributed by atoms with Crippen molar-refractivity contribution in [2.45, 2.75) is 30.8 Å². The van der Waals surface area contributed by atoms with Gasteiger partial charge in [0.25, 0.3) is 5.56 Å². The minimum Gasteiger partial charge on any atom is -0.394 e. The second-order valence-corrected chi connectivity index (χ2v) is 6.13. The van der Waals surface area contributed by atoms with Crippen molar-refractivity contribution < 1.29 is 34.3 Å². The first-order valence-electron chi connectivity index (χ1n) is 8.77. The molecule has 1 aliphatic rings. The molecular weight excluding hydrogens is 378 g/mol. The Kier molecular flexibility index (Phi) is 8.44. The van der Waals surface area contributed by atoms with E-state index in [1.807, 2.05) is 4.98 Å². The maximum Gasteiger partial charge on any atom is 0.335 e. The molecule has 1 aromatic heterocycles. The van der Waals surface area contributed by atoms with Crippen LogP contribution in [0.3, 0.4) is 0 Å². The number of hydrogen-bond acceptors (Lipinski definition) is 10. The van der Waals surface area contributed by atoms with Gasteiger partial charge >= 0.3 is 5.69 Å². The molecule has 2 heterocycles. The van der Waals surface area contributed by atoms with E-state index in [-0.39, 0.29) is 25.2 Å². The summed E-state index contributed by atoms with van der Waals surface area (Å²) in [6, 6.07) is 0. The molecular formula is C16H25N3O9. The molecule has 0 amide bonds. The van der Waals surface area contributed by atoms with Gasteiger partial charge in [0.05, 0.1) is 45.0 Å². The third-order valence-electron chi connectivity index (χ3n) is 4.18. The number of carbonyl (C=O) groups is 1. The lowest BCUT2D eigenvalue weighted by atomic mass is 10.0. The molecule has 0 saturated carbocycles. The number of rotatable bonds is 10. The van der Waals surface area contributed by atoms with Gasteiger partial charge < -0.3 is 35.3 Å². The zero-order chi connectivity index (χ0) is 20.7. The molecule has 12 heteroatoms. The van der Waals surface area contributed by atoms with Crippen molar-refractivity contribution in [1.29, 1.82) is 0 Å². The predicted octanol–water partition coefficient (Wildman–Crippen LogP) is -3.29. The number of nitrogens with two attached hydrogens (primary N) is 1. The zero-order valence-electron chi connectivity index (χ0n) is 15.2. The van der Waals surface area contributed by atoms with E-state index in [2.05, 4.69) is 0 Å². The topological polar surface area (TPSA) is 186 Å². The maximum atomic E-state index is 12.3. The molecule has 28 heavy (non-hydrogen) atoms. The summed E-state index contributed by atoms with van der Waals surface area (Å²) in [6.07, 6.45) is -4.49. The van der Waals surface area contributed by atoms with E-state index in [1.165, 1.54) is 0 Å². The van der Waals surface area contributed by atoms with E-state index in [9.17, 15) is 24.6 Å². The Balaban J connectivity index is 2.04. The third kappa shape index (κ3) is 5.32. The lowest BCUT2D eigenvalue weighted by Crippen LogP contribution is -2.38. The predicted molar refractivity (Wildman–Crippen MR) is 94.0 cm³/mol. The van der Waals surface area contributed by atoms with E-state index < -0.39 is 48.2 Å². The van der Waals surface area contributed by atoms with Crippen LogP contribution in [0.5, 0.6) is 0 Å². The number of aliphatic hydroxyl groups is 3. The average Bonchev–Trinajstić information content (AvgIpc) is 2.95. The molecule has 0 spiro atoms. The Morgan fingerprint density at radius 3 is 2.46 bits per heavy atom. The van der Waals surface area contributed by atoms with Gasteiger partial charge in [-0.05, 0) is 0 Å². The SMILES string of the molecule is NCCOCCOCCC(=O)n1cc([C@@H]2O[C@H](CO)[C@@H](O)[C@H]2O)c(=O)[nH]c1=O. The fourth-order valence-corrected chi connectivity index (χ4v) is 2.72. The third-order valence-corrected chi connectivity index (χ3v) is 4.18. The van der Waals surface area contributed by atoms with Gasteiger partial charge in [-0.1, -0.05) is 0 Å². The summed E-state index contributed by atoms with van der Waals surface area (Å²) in [5.74, 6) is -0.642. The molecule has 1 saturated heterocycles. The fourth-order valence-electron chi connectivity index (χ4n) is 2.72. The van der Waals surface area contributed by atoms with E-state index in [0.717, 1.165) is 6.20 Å². The van der Waals surface area contributed by atoms with E-state index in [1.54, 1.807) is 0 Å². The summed E-state index contributed by atoms with van der Waals surface area (Å²) >= 11 is 0. The van der Waals surface area contributed by atoms with Gasteiger partial charge in [-0.25, -0.2) is 9.36 Å². The summed E-state index contributed by atoms with van der Waals surface area (Å²) in [5.41, 5.74) is 3.24. The van der Waals surface area contributed by atoms with Crippen molar-refractivity contribution in [1.82, 2.24) is 9.55 Å². The molecule has 1 aliphatic heterocycles. The first-order chi connectivity index (χ1) is 13.4. The highest BCUT2D eigenvalue weighted by Gasteiger charge is 2.44. The molecule has 0 bridgehead atoms. The molecule has 0 aliphatic carbocycles. The van der Waals surface area contributed by atoms with Crippen molar-refractivity contribution in [3.05, 3.63) is 32.6 Å². The van der Waals surface area contributed by atoms with Crippen molar-refractivity contribution >= 4 is 5.91 Å². The monoisotopic (exact) mass is 403 g/mol. The number of aromatic nitrogens is 2. The van der Waals surface area contributed by atoms with Crippen LogP contribution in [-0.2, 0) is 14.2 Å². The number of nitrogens with zero attached hydrogens (tertiary/aromatic N) is 1. The molecule has 0 aromatic carbocycles. The lowest BCUT2D eigenvalue weighted by molar-refractivity contribution is -0.0233. The Hall–Kier alpha value is -1.93. The minimum absolute atomic E-state index is 0.0274. The Morgan fingerprint density at radius 1 is 1.18 bits per heavy atom. The number of aliphatic hydroxyl groups excluding tert-OH is 3. The zero-order valence-corrected chi connectivity index (χ0v) is 15.2. The van der Waals surface area contributed by atoms with E-state index in [4.69, 9.17) is 25.1 Å². The second-order valence-electron chi connectivity index (χ2n) is 6.13. The normalized spacial score (nSPS) is 24.6. The van der Waals surface area contributed by atoms with E-state index in [0.29, 0.717) is 24.3 Å². The van der Waals surface area contributed by atoms with Gasteiger partial charge in [0.2, 0.25) is 5.91 Å². The molecule has 0 unspecified atom stereocenters. The highest BCUT2D eigenvalue weighted by Crippen LogP contribution is 2.31. The van der Waals surface area contributed by atoms with Gasteiger partial charge in [0.15, 0.2) is 0 Å². The average molecular weight is 403 g/mol. The summed E-state index contributed by atoms with van der Waals surface area (Å²) < 4.78 is 16.3. The van der Waals surface area contributed by atoms with Gasteiger partial charge in [-0.2, -0.15) is 0 Å². The Labute approximate surface area is 159 Å². The Morgan fingerprint density at radius 2 is 1.86 bits per heavy atom. The van der Waals surface area contributed by atoms with Gasteiger partial charge in [-0.15, -0.1) is 0 Å². The van der Waals surface area contributed by atoms with Crippen LogP contribution in [-0.4, -0.2) is 88.7 Å². The van der Waals surface area contributed by atoms with Crippen LogP contribution >= 0.6 is 0 Å². The number of aromatic amines is 1. The molecule has 1 fully saturated rings. The quantitative estimate of drug-likeness (QED) is 0.248. The molecule has 12 nitrogen and oxygen atoms in total. The van der Waals surface area contributed by atoms with Crippen LogP contribution in [0.1, 0.15) is 22.9 Å². The van der Waals surface area contributed by atoms with Crippen LogP contribution in [0.2, 0.25) is 0 Å². The number of carbonyl (C=O) groups excluding carboxylic acids is 1. The second kappa shape index (κ2) is 10.6. The molecule has 4 atom stereocenters. The van der Waals surface area contributed by atoms with Crippen LogP contribution in [0.25, 0.3) is 0 Å². The summed E-state index contributed by atoms with van der Waals surface area (Å²) in [7, 11) is 0. The molecule has 158 valence electrons. The molecule has 6 N–H and O–H groups in total. The maximum absolute atomic E-state index is 12.3. The standard InChI is InChI=1S/C16H25N3O9/c17-2-4-27-6-5-26-3-1-11(21)19-7-9(15(24)18-16(19)25)14-13(23)12(22)10(8-20)28-14/h7,10,12-14,20,22-23H,1-6,8,17H2,(H,18,24,25)/t10-,12-,13-,14+/m1/s1. The van der Waals surface area contributed by atoms with Crippen molar-refractivity contribution in [2.75, 3.05) is 39.6 Å². The highest BCUT2D eigenvalue weighted by molar-refractivity contribution is 5.78. The van der Waals surface area contributed by atoms with Gasteiger partial charge in [0, 0.05) is 12.7 Å². The number of ether oxygens (including phenoxy) is 3. The number of nitrogens with one attached hydrogen (secondary N) is 1. The first kappa shape index (κ1) is 22.4. The molecule has 2 rings (SSSR count). The van der Waals surface area contributed by atoms with Gasteiger partial charge in [0.1, 0.15) is 24.4 Å².